The number of unbranched alkanes of at least 4 members (excludes halogenated alkanes) is 3. The van der Waals surface area contributed by atoms with Crippen LogP contribution in [0.4, 0.5) is 0 Å². The molecule has 5 aliphatic heterocycles. The van der Waals surface area contributed by atoms with Crippen molar-refractivity contribution in [1.82, 2.24) is 16.0 Å². The predicted octanol–water partition coefficient (Wildman–Crippen LogP) is 6.95. The second-order valence-electron chi connectivity index (χ2n) is 40.0. The summed E-state index contributed by atoms with van der Waals surface area (Å²) in [5, 5.41) is 179. The summed E-state index contributed by atoms with van der Waals surface area (Å²) in [5.74, 6) is -10.1. The molecule has 0 saturated carbocycles. The lowest BCUT2D eigenvalue weighted by Gasteiger charge is -2.60. The van der Waals surface area contributed by atoms with Crippen molar-refractivity contribution in [2.75, 3.05) is 37.1 Å². The summed E-state index contributed by atoms with van der Waals surface area (Å²) in [6.45, 7) is 36.8. The molecule has 5 heterocycles. The van der Waals surface area contributed by atoms with Gasteiger partial charge in [0.25, 0.3) is 0 Å². The summed E-state index contributed by atoms with van der Waals surface area (Å²) in [6, 6.07) is -4.92. The molecule has 0 bridgehead atoms. The first kappa shape index (κ1) is 126. The molecule has 5 saturated heterocycles. The molecule has 5 rings (SSSR count). The molecule has 814 valence electrons. The zero-order chi connectivity index (χ0) is 106. The van der Waals surface area contributed by atoms with Gasteiger partial charge in [0.05, 0.1) is 72.1 Å². The van der Waals surface area contributed by atoms with Crippen molar-refractivity contribution < 1.29 is 176 Å². The number of rotatable bonds is 64. The summed E-state index contributed by atoms with van der Waals surface area (Å²) in [7, 11) is 0. The van der Waals surface area contributed by atoms with E-state index in [4.69, 9.17) is 66.3 Å². The molecule has 0 aromatic rings. The molecule has 140 heavy (non-hydrogen) atoms. The van der Waals surface area contributed by atoms with Gasteiger partial charge in [-0.3, -0.25) is 19.2 Å². The Morgan fingerprint density at radius 3 is 1.32 bits per heavy atom. The molecule has 0 aromatic heterocycles. The molecule has 0 spiro atoms. The number of carbonyl (C=O) groups excluding carboxylic acids is 5. The van der Waals surface area contributed by atoms with Crippen molar-refractivity contribution in [2.24, 2.45) is 22.2 Å². The first-order valence-corrected chi connectivity index (χ1v) is 52.7. The van der Waals surface area contributed by atoms with Crippen LogP contribution < -0.4 is 16.0 Å². The number of hydrogen-bond donors (Lipinski definition) is 18. The number of carbonyl (C=O) groups is 8. The highest BCUT2D eigenvalue weighted by Crippen LogP contribution is 2.59. The first-order valence-electron chi connectivity index (χ1n) is 51.0. The van der Waals surface area contributed by atoms with E-state index < -0.39 is 296 Å². The van der Waals surface area contributed by atoms with Crippen LogP contribution in [0.3, 0.4) is 0 Å². The number of thioether (sulfide) groups is 1. The lowest BCUT2D eigenvalue weighted by Crippen LogP contribution is -2.74. The minimum Gasteiger partial charge on any atom is -0.479 e. The molecule has 41 heteroatoms. The average molecular weight is 2050 g/mol. The molecule has 3 amide bonds. The van der Waals surface area contributed by atoms with Gasteiger partial charge in [-0.2, -0.15) is 24.4 Å². The van der Waals surface area contributed by atoms with Gasteiger partial charge in [0.2, 0.25) is 17.7 Å². The van der Waals surface area contributed by atoms with E-state index in [9.17, 15) is 110 Å². The van der Waals surface area contributed by atoms with E-state index in [1.807, 2.05) is 62.3 Å². The van der Waals surface area contributed by atoms with E-state index in [0.29, 0.717) is 64.2 Å². The fourth-order valence-electron chi connectivity index (χ4n) is 21.8. The number of aliphatic hydroxyl groups is 11. The number of carboxylic acids is 3. The number of aliphatic carboxylic acids is 3. The third kappa shape index (κ3) is 31.0. The van der Waals surface area contributed by atoms with Crippen LogP contribution in [0.1, 0.15) is 299 Å². The molecular formula is C99H175N3O36S2. The van der Waals surface area contributed by atoms with Gasteiger partial charge in [-0.05, 0) is 110 Å². The van der Waals surface area contributed by atoms with Crippen LogP contribution >= 0.6 is 24.4 Å². The number of carboxylic acid groups (broad SMARTS) is 3. The van der Waals surface area contributed by atoms with Crippen molar-refractivity contribution in [3.8, 4) is 0 Å². The summed E-state index contributed by atoms with van der Waals surface area (Å²) in [4.78, 5) is 112. The summed E-state index contributed by atoms with van der Waals surface area (Å²) < 4.78 is 93.5. The standard InChI is InChI=1S/C99H175N3O36S2/c1-23-35-44-94(21,32-10)83-72(114)69(111)77(80(130-83)86(117)118)134-92-65(101-58(19)105)75(67(109)63(129-92)49-126-90(124)54(15)51-140-52-61(108)60(107)50-139)137-98(34-12,42-30-8)97(41-29-7,45-36-24-2)85-74(116)71(113)79(82(132-85)88(121)122)135-93-66(102-59(20)106)76(68(110)62(128-93)48-125-89(123)53(13)14)138-99(43-31-9,46-37-25-3)96(33-11,40-28-6)84-73(115)70(112)78(81(131-84)87(119)120)133-91(127-55(16)47-103)64(100-57(18)104)56(17)136-95(22,38-26-4)39-27-5/h54-56,60-85,91-93,103,107-116,139H,13,23-52H2,1-12,14-22H3,(H,100,104)(H,101,105)(H,102,106)(H,117,118)(H,119,120)(H,121,122)/t54?,55?,56-,60?,61?,62?,63?,64?,65?,66?,67-,68-,69?,70?,71?,72?,73+,74+,75?,76?,77-,78-,79-,80?,81?,82?,83-,84-,85-,91+,92+,93+,94?,96?,97?,98?,99?/m1/s1. The maximum Gasteiger partial charge on any atom is 0.335 e. The molecule has 39 nitrogen and oxygen atoms in total. The van der Waals surface area contributed by atoms with E-state index >= 15 is 0 Å². The molecule has 37 atom stereocenters. The van der Waals surface area contributed by atoms with E-state index in [0.717, 1.165) is 32.0 Å². The minimum atomic E-state index is -2.39. The number of nitrogens with one attached hydrogen (secondary N) is 3. The van der Waals surface area contributed by atoms with E-state index in [-0.39, 0.29) is 106 Å². The van der Waals surface area contributed by atoms with E-state index in [2.05, 4.69) is 35.2 Å². The number of thiol groups is 1. The van der Waals surface area contributed by atoms with Gasteiger partial charge in [0.1, 0.15) is 123 Å². The third-order valence-electron chi connectivity index (χ3n) is 29.1. The fourth-order valence-corrected chi connectivity index (χ4v) is 23.2. The lowest BCUT2D eigenvalue weighted by atomic mass is 9.57. The molecule has 17 N–H and O–H groups in total. The summed E-state index contributed by atoms with van der Waals surface area (Å²) in [6.07, 6.45) is -45.6. The topological polar surface area (TPSA) is 585 Å². The van der Waals surface area contributed by atoms with E-state index in [1.165, 1.54) is 27.7 Å². The second-order valence-corrected chi connectivity index (χ2v) is 41.4. The molecule has 0 aromatic carbocycles. The summed E-state index contributed by atoms with van der Waals surface area (Å²) >= 11 is 5.19. The van der Waals surface area contributed by atoms with Gasteiger partial charge < -0.3 is 154 Å². The quantitative estimate of drug-likeness (QED) is 0.0127. The van der Waals surface area contributed by atoms with Crippen molar-refractivity contribution in [2.45, 2.75) is 506 Å². The van der Waals surface area contributed by atoms with Crippen LogP contribution in [0.5, 0.6) is 0 Å². The molecule has 0 aliphatic carbocycles. The van der Waals surface area contributed by atoms with Crippen molar-refractivity contribution in [1.29, 1.82) is 0 Å². The number of esters is 2. The Morgan fingerprint density at radius 2 is 0.893 bits per heavy atom. The molecule has 23 unspecified atom stereocenters. The van der Waals surface area contributed by atoms with E-state index in [1.54, 1.807) is 41.5 Å². The SMILES string of the molecule is C=C(C)C(=O)OCC1O[C@@H](O[C@H]2C(C(=O)O)O[C@@H](C(CCC)(CCCC)C(CC)(CCC)OC3C(NC(C)=O)[C@H](O[C@H]4C(C(=O)O)O[C@@H](C(C)(CC)CCCC)C(O)C4O)OC(COC(=O)C(C)CSCC(O)C(O)CS)[C@H]3O)[C@@H](O)C2O)C(NC(C)=O)C(OC(CCC)(CCCC)C(CC)(CCC)[C@@H]2OC(C(=O)O)[C@H](O[C@H](OC(C)CO)C(NC(C)=O)[C@@H](C)OC(C)(CCC)CCC)C(O)[C@@H]2O)[C@@H]1O. The van der Waals surface area contributed by atoms with Crippen LogP contribution in [0.15, 0.2) is 12.2 Å². The highest BCUT2D eigenvalue weighted by Gasteiger charge is 2.69. The van der Waals surface area contributed by atoms with Crippen LogP contribution in [0.2, 0.25) is 0 Å². The average Bonchev–Trinajstić information content (AvgIpc) is 0.720. The fraction of sp³-hybridized carbons (Fsp3) is 0.899. The van der Waals surface area contributed by atoms with Gasteiger partial charge in [-0.15, -0.1) is 0 Å². The van der Waals surface area contributed by atoms with Gasteiger partial charge in [-0.1, -0.05) is 181 Å². The van der Waals surface area contributed by atoms with Gasteiger partial charge in [0, 0.05) is 54.4 Å². The highest BCUT2D eigenvalue weighted by molar-refractivity contribution is 7.99. The Hall–Kier alpha value is -4.72. The first-order chi connectivity index (χ1) is 65.9. The Labute approximate surface area is 837 Å². The number of ether oxygens (including phenoxy) is 14. The Bertz CT molecular complexity index is 3790. The van der Waals surface area contributed by atoms with Gasteiger partial charge in [0.15, 0.2) is 37.2 Å². The normalized spacial score (nSPS) is 32.2. The molecular weight excluding hydrogens is 1870 g/mol. The Kier molecular flexibility index (Phi) is 52.4. The number of amides is 3. The van der Waals surface area contributed by atoms with Crippen molar-refractivity contribution in [3.63, 3.8) is 0 Å². The van der Waals surface area contributed by atoms with Gasteiger partial charge in [-0.25, -0.2) is 19.2 Å². The van der Waals surface area contributed by atoms with Crippen molar-refractivity contribution in [3.05, 3.63) is 12.2 Å². The van der Waals surface area contributed by atoms with Gasteiger partial charge >= 0.3 is 29.8 Å². The maximum absolute atomic E-state index is 14.8. The zero-order valence-electron chi connectivity index (χ0n) is 86.5. The highest BCUT2D eigenvalue weighted by atomic mass is 32.2. The zero-order valence-corrected chi connectivity index (χ0v) is 88.2. The van der Waals surface area contributed by atoms with Crippen LogP contribution in [0, 0.1) is 22.2 Å². The van der Waals surface area contributed by atoms with Crippen molar-refractivity contribution >= 4 is 72.0 Å². The second kappa shape index (κ2) is 58.3. The lowest BCUT2D eigenvalue weighted by molar-refractivity contribution is -0.359. The third-order valence-corrected chi connectivity index (χ3v) is 30.8. The van der Waals surface area contributed by atoms with Crippen LogP contribution in [-0.2, 0) is 105 Å². The molecule has 5 aliphatic rings. The smallest absolute Gasteiger partial charge is 0.335 e. The molecule has 0 radical (unpaired) electrons. The monoisotopic (exact) mass is 2050 g/mol. The summed E-state index contributed by atoms with van der Waals surface area (Å²) in [5.41, 5.74) is -8.91. The Balaban J connectivity index is 1.79. The maximum atomic E-state index is 14.8. The predicted molar refractivity (Wildman–Crippen MR) is 518 cm³/mol. The number of hydrogen-bond acceptors (Lipinski definition) is 35. The minimum absolute atomic E-state index is 0.0000260. The Morgan fingerprint density at radius 1 is 0.464 bits per heavy atom. The van der Waals surface area contributed by atoms with Crippen LogP contribution in [-0.4, -0.2) is 363 Å². The number of aliphatic hydroxyl groups excluding tert-OH is 11. The largest absolute Gasteiger partial charge is 0.479 e. The molecule has 5 fully saturated rings. The van der Waals surface area contributed by atoms with Crippen LogP contribution in [0.25, 0.3) is 0 Å².